The van der Waals surface area contributed by atoms with Crippen LogP contribution in [-0.4, -0.2) is 38.7 Å². The molecule has 0 aliphatic heterocycles. The molecule has 0 bridgehead atoms. The van der Waals surface area contributed by atoms with Gasteiger partial charge in [-0.15, -0.1) is 0 Å². The third kappa shape index (κ3) is 4.69. The molecule has 2 aromatic rings. The number of carbonyl (C=O) groups excluding carboxylic acids is 2. The van der Waals surface area contributed by atoms with Crippen LogP contribution in [0.15, 0.2) is 36.7 Å². The highest BCUT2D eigenvalue weighted by Gasteiger charge is 2.17. The van der Waals surface area contributed by atoms with Crippen LogP contribution in [0.2, 0.25) is 0 Å². The van der Waals surface area contributed by atoms with Gasteiger partial charge in [-0.05, 0) is 52.0 Å². The summed E-state index contributed by atoms with van der Waals surface area (Å²) in [7, 11) is 0. The number of hydrogen-bond acceptors (Lipinski definition) is 4. The van der Waals surface area contributed by atoms with Crippen molar-refractivity contribution >= 4 is 23.5 Å². The van der Waals surface area contributed by atoms with Gasteiger partial charge in [-0.25, -0.2) is 0 Å². The van der Waals surface area contributed by atoms with Gasteiger partial charge in [-0.3, -0.25) is 19.1 Å². The molecule has 1 unspecified atom stereocenters. The topological polar surface area (TPSA) is 113 Å². The number of rotatable bonds is 5. The van der Waals surface area contributed by atoms with Gasteiger partial charge in [0.25, 0.3) is 11.8 Å². The zero-order chi connectivity index (χ0) is 19.5. The quantitative estimate of drug-likeness (QED) is 0.757. The molecular weight excluding hydrogens is 336 g/mol. The lowest BCUT2D eigenvalue weighted by molar-refractivity contribution is -0.138. The molecule has 0 aliphatic rings. The maximum absolute atomic E-state index is 12.3. The molecule has 8 nitrogen and oxygen atoms in total. The first kappa shape index (κ1) is 19.2. The fourth-order valence-electron chi connectivity index (χ4n) is 2.06. The van der Waals surface area contributed by atoms with E-state index < -0.39 is 17.9 Å². The summed E-state index contributed by atoms with van der Waals surface area (Å²) in [5.74, 6) is -1.92. The number of anilines is 1. The number of nitrogens with one attached hydrogen (secondary N) is 2. The van der Waals surface area contributed by atoms with Crippen molar-refractivity contribution in [2.45, 2.75) is 39.3 Å². The largest absolute Gasteiger partial charge is 0.480 e. The number of carbonyl (C=O) groups is 3. The Labute approximate surface area is 151 Å². The van der Waals surface area contributed by atoms with Crippen molar-refractivity contribution in [3.05, 3.63) is 47.8 Å². The van der Waals surface area contributed by atoms with E-state index in [-0.39, 0.29) is 11.4 Å². The van der Waals surface area contributed by atoms with E-state index in [1.807, 2.05) is 20.8 Å². The predicted molar refractivity (Wildman–Crippen MR) is 96.2 cm³/mol. The van der Waals surface area contributed by atoms with Crippen LogP contribution >= 0.6 is 0 Å². The van der Waals surface area contributed by atoms with Gasteiger partial charge in [-0.1, -0.05) is 0 Å². The second-order valence-electron chi connectivity index (χ2n) is 6.91. The van der Waals surface area contributed by atoms with Gasteiger partial charge in [-0.2, -0.15) is 5.10 Å². The van der Waals surface area contributed by atoms with Crippen LogP contribution in [0.4, 0.5) is 5.69 Å². The number of amides is 2. The molecule has 1 aromatic carbocycles. The molecule has 3 N–H and O–H groups in total. The molecule has 0 saturated carbocycles. The molecule has 2 amide bonds. The number of aliphatic carboxylic acids is 1. The highest BCUT2D eigenvalue weighted by atomic mass is 16.4. The Hall–Kier alpha value is -3.16. The lowest BCUT2D eigenvalue weighted by atomic mass is 10.1. The Morgan fingerprint density at radius 1 is 1.08 bits per heavy atom. The first-order valence-corrected chi connectivity index (χ1v) is 8.08. The third-order valence-electron chi connectivity index (χ3n) is 3.66. The van der Waals surface area contributed by atoms with Crippen LogP contribution in [0.5, 0.6) is 0 Å². The lowest BCUT2D eigenvalue weighted by Crippen LogP contribution is -2.38. The summed E-state index contributed by atoms with van der Waals surface area (Å²) in [4.78, 5) is 35.0. The second kappa shape index (κ2) is 7.38. The normalized spacial score (nSPS) is 12.3. The van der Waals surface area contributed by atoms with Gasteiger partial charge in [0.1, 0.15) is 6.04 Å². The minimum atomic E-state index is -1.11. The minimum Gasteiger partial charge on any atom is -0.480 e. The molecule has 0 saturated heterocycles. The van der Waals surface area contributed by atoms with Crippen LogP contribution in [0.3, 0.4) is 0 Å². The van der Waals surface area contributed by atoms with E-state index in [0.717, 1.165) is 0 Å². The molecule has 0 radical (unpaired) electrons. The summed E-state index contributed by atoms with van der Waals surface area (Å²) in [5.41, 5.74) is 1.02. The Balaban J connectivity index is 2.02. The predicted octanol–water partition coefficient (Wildman–Crippen LogP) is 2.09. The molecule has 0 fully saturated rings. The summed E-state index contributed by atoms with van der Waals surface area (Å²) >= 11 is 0. The van der Waals surface area contributed by atoms with Crippen LogP contribution in [0, 0.1) is 0 Å². The average molecular weight is 358 g/mol. The lowest BCUT2D eigenvalue weighted by Gasteiger charge is -2.18. The van der Waals surface area contributed by atoms with Crippen LogP contribution in [0.1, 0.15) is 48.4 Å². The van der Waals surface area contributed by atoms with Crippen molar-refractivity contribution in [1.29, 1.82) is 0 Å². The van der Waals surface area contributed by atoms with E-state index in [1.54, 1.807) is 23.0 Å². The smallest absolute Gasteiger partial charge is 0.325 e. The van der Waals surface area contributed by atoms with E-state index in [2.05, 4.69) is 15.7 Å². The standard InChI is InChI=1S/C18H22N4O4/c1-11(17(25)26)20-15(23)12-5-7-14(8-6-12)21-16(24)13-9-19-22(10-13)18(2,3)4/h5-11H,1-4H3,(H,20,23)(H,21,24)(H,25,26). The molecule has 0 aliphatic carbocycles. The van der Waals surface area contributed by atoms with Gasteiger partial charge in [0.15, 0.2) is 0 Å². The molecule has 8 heteroatoms. The first-order chi connectivity index (χ1) is 12.1. The number of benzene rings is 1. The Morgan fingerprint density at radius 2 is 1.69 bits per heavy atom. The molecule has 1 heterocycles. The van der Waals surface area contributed by atoms with Crippen LogP contribution < -0.4 is 10.6 Å². The highest BCUT2D eigenvalue weighted by molar-refractivity contribution is 6.04. The maximum atomic E-state index is 12.3. The SMILES string of the molecule is CC(NC(=O)c1ccc(NC(=O)c2cnn(C(C)(C)C)c2)cc1)C(=O)O. The molecular formula is C18H22N4O4. The number of carboxylic acids is 1. The molecule has 138 valence electrons. The van der Waals surface area contributed by atoms with Crippen molar-refractivity contribution in [2.24, 2.45) is 0 Å². The molecule has 1 aromatic heterocycles. The molecule has 1 atom stereocenters. The monoisotopic (exact) mass is 358 g/mol. The summed E-state index contributed by atoms with van der Waals surface area (Å²) in [6.45, 7) is 7.33. The summed E-state index contributed by atoms with van der Waals surface area (Å²) in [5, 5.41) is 18.1. The zero-order valence-electron chi connectivity index (χ0n) is 15.1. The molecule has 26 heavy (non-hydrogen) atoms. The van der Waals surface area contributed by atoms with Gasteiger partial charge >= 0.3 is 5.97 Å². The average Bonchev–Trinajstić information content (AvgIpc) is 3.05. The number of hydrogen-bond donors (Lipinski definition) is 3. The summed E-state index contributed by atoms with van der Waals surface area (Å²) < 4.78 is 1.71. The Kier molecular flexibility index (Phi) is 5.44. The molecule has 0 spiro atoms. The van der Waals surface area contributed by atoms with Crippen LogP contribution in [0.25, 0.3) is 0 Å². The summed E-state index contributed by atoms with van der Waals surface area (Å²) in [6.07, 6.45) is 3.17. The van der Waals surface area contributed by atoms with Gasteiger partial charge in [0.2, 0.25) is 0 Å². The first-order valence-electron chi connectivity index (χ1n) is 8.08. The van der Waals surface area contributed by atoms with Crippen LogP contribution in [-0.2, 0) is 10.3 Å². The van der Waals surface area contributed by atoms with Gasteiger partial charge in [0.05, 0.1) is 17.3 Å². The van der Waals surface area contributed by atoms with Crippen molar-refractivity contribution in [3.63, 3.8) is 0 Å². The minimum absolute atomic E-state index is 0.222. The fraction of sp³-hybridized carbons (Fsp3) is 0.333. The van der Waals surface area contributed by atoms with E-state index in [0.29, 0.717) is 16.8 Å². The van der Waals surface area contributed by atoms with E-state index >= 15 is 0 Å². The Morgan fingerprint density at radius 3 is 2.19 bits per heavy atom. The van der Waals surface area contributed by atoms with Gasteiger partial charge < -0.3 is 15.7 Å². The fourth-order valence-corrected chi connectivity index (χ4v) is 2.06. The number of carboxylic acid groups (broad SMARTS) is 1. The Bertz CT molecular complexity index is 818. The van der Waals surface area contributed by atoms with Crippen molar-refractivity contribution in [3.8, 4) is 0 Å². The number of nitrogens with zero attached hydrogens (tertiary/aromatic N) is 2. The van der Waals surface area contributed by atoms with E-state index in [9.17, 15) is 14.4 Å². The number of aromatic nitrogens is 2. The van der Waals surface area contributed by atoms with Crippen molar-refractivity contribution < 1.29 is 19.5 Å². The van der Waals surface area contributed by atoms with Crippen molar-refractivity contribution in [2.75, 3.05) is 5.32 Å². The van der Waals surface area contributed by atoms with E-state index in [4.69, 9.17) is 5.11 Å². The maximum Gasteiger partial charge on any atom is 0.325 e. The second-order valence-corrected chi connectivity index (χ2v) is 6.91. The highest BCUT2D eigenvalue weighted by Crippen LogP contribution is 2.15. The summed E-state index contributed by atoms with van der Waals surface area (Å²) in [6, 6.07) is 5.19. The van der Waals surface area contributed by atoms with E-state index in [1.165, 1.54) is 25.3 Å². The zero-order valence-corrected chi connectivity index (χ0v) is 15.1. The van der Waals surface area contributed by atoms with Gasteiger partial charge in [0, 0.05) is 17.4 Å². The van der Waals surface area contributed by atoms with Crippen molar-refractivity contribution in [1.82, 2.24) is 15.1 Å². The molecule has 2 rings (SSSR count). The third-order valence-corrected chi connectivity index (χ3v) is 3.66.